The van der Waals surface area contributed by atoms with E-state index in [9.17, 15) is 0 Å². The van der Waals surface area contributed by atoms with Gasteiger partial charge in [0.15, 0.2) is 0 Å². The Morgan fingerprint density at radius 3 is 3.00 bits per heavy atom. The third-order valence-electron chi connectivity index (χ3n) is 2.20. The number of hydrogen-bond acceptors (Lipinski definition) is 4. The van der Waals surface area contributed by atoms with Crippen LogP contribution in [0, 0.1) is 11.3 Å². The van der Waals surface area contributed by atoms with Crippen LogP contribution in [-0.4, -0.2) is 25.0 Å². The highest BCUT2D eigenvalue weighted by Crippen LogP contribution is 2.22. The molecule has 1 heterocycles. The average molecular weight is 209 g/mol. The lowest BCUT2D eigenvalue weighted by atomic mass is 10.2. The van der Waals surface area contributed by atoms with Crippen LogP contribution in [0.15, 0.2) is 17.5 Å². The predicted molar refractivity (Wildman–Crippen MR) is 59.0 cm³/mol. The fourth-order valence-electron chi connectivity index (χ4n) is 1.38. The molecule has 0 aliphatic heterocycles. The van der Waals surface area contributed by atoms with Crippen LogP contribution in [-0.2, 0) is 0 Å². The van der Waals surface area contributed by atoms with Gasteiger partial charge in [0.25, 0.3) is 0 Å². The molecule has 0 amide bonds. The summed E-state index contributed by atoms with van der Waals surface area (Å²) in [4.78, 5) is 3.41. The molecule has 0 saturated carbocycles. The third kappa shape index (κ3) is 2.81. The molecule has 0 aromatic carbocycles. The van der Waals surface area contributed by atoms with Crippen LogP contribution in [0.5, 0.6) is 0 Å². The highest BCUT2D eigenvalue weighted by Gasteiger charge is 2.15. The minimum Gasteiger partial charge on any atom is -0.329 e. The van der Waals surface area contributed by atoms with Crippen molar-refractivity contribution >= 4 is 11.3 Å². The molecule has 0 aliphatic rings. The monoisotopic (exact) mass is 209 g/mol. The summed E-state index contributed by atoms with van der Waals surface area (Å²) in [6.45, 7) is 1.37. The maximum Gasteiger partial charge on any atom is 0.0635 e. The van der Waals surface area contributed by atoms with E-state index in [1.54, 1.807) is 11.3 Å². The molecule has 0 fully saturated rings. The van der Waals surface area contributed by atoms with Gasteiger partial charge in [-0.3, -0.25) is 4.90 Å². The van der Waals surface area contributed by atoms with Gasteiger partial charge in [-0.25, -0.2) is 0 Å². The van der Waals surface area contributed by atoms with E-state index >= 15 is 0 Å². The van der Waals surface area contributed by atoms with E-state index in [4.69, 9.17) is 11.0 Å². The van der Waals surface area contributed by atoms with Crippen LogP contribution in [0.1, 0.15) is 17.3 Å². The van der Waals surface area contributed by atoms with E-state index in [0.29, 0.717) is 13.0 Å². The van der Waals surface area contributed by atoms with E-state index in [2.05, 4.69) is 22.4 Å². The molecule has 14 heavy (non-hydrogen) atoms. The van der Waals surface area contributed by atoms with Gasteiger partial charge in [0.2, 0.25) is 0 Å². The Balaban J connectivity index is 2.58. The summed E-state index contributed by atoms with van der Waals surface area (Å²) in [5.41, 5.74) is 5.72. The molecule has 1 rings (SSSR count). The first kappa shape index (κ1) is 11.2. The molecule has 0 aliphatic carbocycles. The molecule has 3 nitrogen and oxygen atoms in total. The molecule has 1 unspecified atom stereocenters. The highest BCUT2D eigenvalue weighted by molar-refractivity contribution is 7.10. The molecule has 0 radical (unpaired) electrons. The fourth-order valence-corrected chi connectivity index (χ4v) is 2.28. The standard InChI is InChI=1S/C10H15N3S/c1-13(6-3-5-11)9(8-12)10-4-2-7-14-10/h2,4,7,9H,3,6,8,12H2,1H3. The summed E-state index contributed by atoms with van der Waals surface area (Å²) in [6, 6.07) is 6.51. The maximum absolute atomic E-state index is 8.49. The lowest BCUT2D eigenvalue weighted by Crippen LogP contribution is -2.30. The first-order valence-corrected chi connectivity index (χ1v) is 5.48. The predicted octanol–water partition coefficient (Wildman–Crippen LogP) is 1.59. The lowest BCUT2D eigenvalue weighted by Gasteiger charge is -2.24. The Kier molecular flexibility index (Phi) is 4.60. The SMILES string of the molecule is CN(CCC#N)C(CN)c1cccs1. The second-order valence-electron chi connectivity index (χ2n) is 3.16. The normalized spacial score (nSPS) is 12.7. The summed E-state index contributed by atoms with van der Waals surface area (Å²) in [5, 5.41) is 10.5. The molecule has 0 saturated heterocycles. The zero-order valence-electron chi connectivity index (χ0n) is 8.31. The summed E-state index contributed by atoms with van der Waals surface area (Å²) in [6.07, 6.45) is 0.554. The van der Waals surface area contributed by atoms with Gasteiger partial charge in [-0.1, -0.05) is 6.07 Å². The van der Waals surface area contributed by atoms with E-state index in [-0.39, 0.29) is 6.04 Å². The average Bonchev–Trinajstić information content (AvgIpc) is 2.69. The molecular formula is C10H15N3S. The Morgan fingerprint density at radius 1 is 1.71 bits per heavy atom. The van der Waals surface area contributed by atoms with E-state index in [1.165, 1.54) is 4.88 Å². The van der Waals surface area contributed by atoms with Gasteiger partial charge in [0, 0.05) is 24.4 Å². The summed E-state index contributed by atoms with van der Waals surface area (Å²) < 4.78 is 0. The van der Waals surface area contributed by atoms with Crippen molar-refractivity contribution in [3.05, 3.63) is 22.4 Å². The van der Waals surface area contributed by atoms with Crippen LogP contribution in [0.4, 0.5) is 0 Å². The largest absolute Gasteiger partial charge is 0.329 e. The van der Waals surface area contributed by atoms with E-state index < -0.39 is 0 Å². The Labute approximate surface area is 88.8 Å². The topological polar surface area (TPSA) is 53.0 Å². The van der Waals surface area contributed by atoms with Gasteiger partial charge < -0.3 is 5.73 Å². The van der Waals surface area contributed by atoms with Crippen molar-refractivity contribution in [1.29, 1.82) is 5.26 Å². The third-order valence-corrected chi connectivity index (χ3v) is 3.18. The Morgan fingerprint density at radius 2 is 2.50 bits per heavy atom. The van der Waals surface area contributed by atoms with E-state index in [1.807, 2.05) is 13.1 Å². The van der Waals surface area contributed by atoms with Crippen molar-refractivity contribution < 1.29 is 0 Å². The number of nitriles is 1. The smallest absolute Gasteiger partial charge is 0.0635 e. The molecule has 1 atom stereocenters. The van der Waals surface area contributed by atoms with Crippen LogP contribution < -0.4 is 5.73 Å². The van der Waals surface area contributed by atoms with Crippen molar-refractivity contribution in [2.75, 3.05) is 20.1 Å². The molecule has 1 aromatic heterocycles. The molecular weight excluding hydrogens is 194 g/mol. The zero-order chi connectivity index (χ0) is 10.4. The Bertz CT molecular complexity index is 289. The number of nitrogens with two attached hydrogens (primary N) is 1. The first-order chi connectivity index (χ1) is 6.79. The van der Waals surface area contributed by atoms with Gasteiger partial charge in [0.05, 0.1) is 12.1 Å². The highest BCUT2D eigenvalue weighted by atomic mass is 32.1. The van der Waals surface area contributed by atoms with Gasteiger partial charge in [-0.15, -0.1) is 11.3 Å². The Hall–Kier alpha value is -0.890. The molecule has 2 N–H and O–H groups in total. The number of nitrogens with zero attached hydrogens (tertiary/aromatic N) is 2. The van der Waals surface area contributed by atoms with Crippen molar-refractivity contribution in [2.24, 2.45) is 5.73 Å². The second kappa shape index (κ2) is 5.76. The first-order valence-electron chi connectivity index (χ1n) is 4.60. The molecule has 4 heteroatoms. The molecule has 0 spiro atoms. The van der Waals surface area contributed by atoms with Gasteiger partial charge >= 0.3 is 0 Å². The summed E-state index contributed by atoms with van der Waals surface area (Å²) in [7, 11) is 2.01. The molecule has 76 valence electrons. The minimum absolute atomic E-state index is 0.253. The van der Waals surface area contributed by atoms with E-state index in [0.717, 1.165) is 6.54 Å². The van der Waals surface area contributed by atoms with Gasteiger partial charge in [-0.05, 0) is 18.5 Å². The molecule has 0 bridgehead atoms. The van der Waals surface area contributed by atoms with Gasteiger partial charge in [-0.2, -0.15) is 5.26 Å². The number of likely N-dealkylation sites (N-methyl/N-ethyl adjacent to an activating group) is 1. The number of thiophene rings is 1. The number of hydrogen-bond donors (Lipinski definition) is 1. The van der Waals surface area contributed by atoms with Crippen LogP contribution in [0.25, 0.3) is 0 Å². The van der Waals surface area contributed by atoms with Crippen molar-refractivity contribution in [3.8, 4) is 6.07 Å². The van der Waals surface area contributed by atoms with Crippen LogP contribution >= 0.6 is 11.3 Å². The van der Waals surface area contributed by atoms with Crippen molar-refractivity contribution in [2.45, 2.75) is 12.5 Å². The summed E-state index contributed by atoms with van der Waals surface area (Å²) >= 11 is 1.71. The fraction of sp³-hybridized carbons (Fsp3) is 0.500. The summed E-state index contributed by atoms with van der Waals surface area (Å²) in [5.74, 6) is 0. The van der Waals surface area contributed by atoms with Gasteiger partial charge in [0.1, 0.15) is 0 Å². The molecule has 1 aromatic rings. The van der Waals surface area contributed by atoms with Crippen molar-refractivity contribution in [3.63, 3.8) is 0 Å². The van der Waals surface area contributed by atoms with Crippen molar-refractivity contribution in [1.82, 2.24) is 4.90 Å². The second-order valence-corrected chi connectivity index (χ2v) is 4.13. The lowest BCUT2D eigenvalue weighted by molar-refractivity contribution is 0.259. The maximum atomic E-state index is 8.49. The van der Waals surface area contributed by atoms with Crippen LogP contribution in [0.3, 0.4) is 0 Å². The minimum atomic E-state index is 0.253. The zero-order valence-corrected chi connectivity index (χ0v) is 9.13. The quantitative estimate of drug-likeness (QED) is 0.801. The van der Waals surface area contributed by atoms with Crippen LogP contribution in [0.2, 0.25) is 0 Å². The number of rotatable bonds is 5.